The molecule has 1 aromatic carbocycles. The first kappa shape index (κ1) is 19.9. The number of likely N-dealkylation sites (tertiary alicyclic amines) is 1. The predicted octanol–water partition coefficient (Wildman–Crippen LogP) is 2.63. The first-order valence-corrected chi connectivity index (χ1v) is 9.24. The Hall–Kier alpha value is -2.90. The Bertz CT molecular complexity index is 793. The van der Waals surface area contributed by atoms with E-state index in [4.69, 9.17) is 9.57 Å². The van der Waals surface area contributed by atoms with Crippen LogP contribution in [0.2, 0.25) is 0 Å². The summed E-state index contributed by atoms with van der Waals surface area (Å²) in [6.45, 7) is 7.80. The van der Waals surface area contributed by atoms with Gasteiger partial charge in [0.25, 0.3) is 11.8 Å². The fourth-order valence-corrected chi connectivity index (χ4v) is 3.41. The molecule has 3 rings (SSSR count). The van der Waals surface area contributed by atoms with Gasteiger partial charge in [0.15, 0.2) is 0 Å². The van der Waals surface area contributed by atoms with E-state index in [1.54, 1.807) is 32.9 Å². The van der Waals surface area contributed by atoms with Gasteiger partial charge in [-0.3, -0.25) is 9.59 Å². The van der Waals surface area contributed by atoms with E-state index in [-0.39, 0.29) is 23.6 Å². The number of ether oxygens (including phenoxy) is 1. The molecular weight excluding hydrogens is 364 g/mol. The van der Waals surface area contributed by atoms with Gasteiger partial charge in [-0.25, -0.2) is 9.59 Å². The van der Waals surface area contributed by atoms with E-state index < -0.39 is 35.4 Å². The average Bonchev–Trinajstić information content (AvgIpc) is 2.85. The number of hydrogen-bond donors (Lipinski definition) is 0. The third-order valence-corrected chi connectivity index (χ3v) is 4.58. The molecule has 1 fully saturated rings. The van der Waals surface area contributed by atoms with Crippen LogP contribution in [0.4, 0.5) is 4.79 Å². The van der Waals surface area contributed by atoms with Crippen LogP contribution >= 0.6 is 0 Å². The number of carbonyl (C=O) groups excluding carboxylic acids is 4. The normalized spacial score (nSPS) is 22.1. The van der Waals surface area contributed by atoms with Gasteiger partial charge in [0.05, 0.1) is 17.0 Å². The number of imide groups is 1. The summed E-state index contributed by atoms with van der Waals surface area (Å²) in [7, 11) is 0. The number of hydrogen-bond acceptors (Lipinski definition) is 6. The van der Waals surface area contributed by atoms with E-state index in [9.17, 15) is 19.2 Å². The van der Waals surface area contributed by atoms with E-state index in [0.29, 0.717) is 18.0 Å². The molecule has 0 aliphatic carbocycles. The largest absolute Gasteiger partial charge is 0.444 e. The maximum Gasteiger partial charge on any atom is 0.410 e. The highest BCUT2D eigenvalue weighted by Crippen LogP contribution is 2.27. The van der Waals surface area contributed by atoms with Gasteiger partial charge >= 0.3 is 12.1 Å². The Balaban J connectivity index is 1.68. The van der Waals surface area contributed by atoms with Crippen molar-refractivity contribution < 1.29 is 28.8 Å². The first-order chi connectivity index (χ1) is 13.1. The highest BCUT2D eigenvalue weighted by Gasteiger charge is 2.41. The van der Waals surface area contributed by atoms with Crippen molar-refractivity contribution in [2.24, 2.45) is 11.8 Å². The van der Waals surface area contributed by atoms with Crippen LogP contribution in [0.15, 0.2) is 24.3 Å². The highest BCUT2D eigenvalue weighted by atomic mass is 16.7. The van der Waals surface area contributed by atoms with Gasteiger partial charge in [0.1, 0.15) is 5.60 Å². The Morgan fingerprint density at radius 2 is 1.61 bits per heavy atom. The summed E-state index contributed by atoms with van der Waals surface area (Å²) >= 11 is 0. The molecule has 0 aromatic heterocycles. The van der Waals surface area contributed by atoms with Crippen molar-refractivity contribution in [1.82, 2.24) is 9.96 Å². The van der Waals surface area contributed by atoms with Gasteiger partial charge in [0, 0.05) is 13.1 Å². The second kappa shape index (κ2) is 7.26. The Morgan fingerprint density at radius 3 is 2.14 bits per heavy atom. The molecular formula is C20H24N2O6. The molecule has 1 aromatic rings. The van der Waals surface area contributed by atoms with Gasteiger partial charge in [-0.05, 0) is 45.2 Å². The maximum absolute atomic E-state index is 12.6. The van der Waals surface area contributed by atoms with E-state index in [0.717, 1.165) is 0 Å². The number of fused-ring (bicyclic) bond motifs is 1. The average molecular weight is 388 g/mol. The third kappa shape index (κ3) is 4.00. The van der Waals surface area contributed by atoms with Crippen molar-refractivity contribution in [2.75, 3.05) is 13.1 Å². The van der Waals surface area contributed by atoms with E-state index in [2.05, 4.69) is 0 Å². The summed E-state index contributed by atoms with van der Waals surface area (Å²) in [6.07, 6.45) is -0.0148. The number of carbonyl (C=O) groups is 4. The predicted molar refractivity (Wildman–Crippen MR) is 98.1 cm³/mol. The number of piperidine rings is 1. The van der Waals surface area contributed by atoms with E-state index in [1.165, 1.54) is 17.0 Å². The third-order valence-electron chi connectivity index (χ3n) is 4.58. The Kier molecular flexibility index (Phi) is 5.14. The summed E-state index contributed by atoms with van der Waals surface area (Å²) in [4.78, 5) is 56.3. The highest BCUT2D eigenvalue weighted by molar-refractivity contribution is 6.20. The molecule has 0 radical (unpaired) electrons. The van der Waals surface area contributed by atoms with Crippen molar-refractivity contribution in [2.45, 2.75) is 39.7 Å². The standard InChI is InChI=1S/C20H24N2O6/c1-12-9-13(11-21(10-12)19(26)27-20(2,3)4)18(25)28-22-16(23)14-7-5-6-8-15(14)17(22)24/h5-8,12-13H,9-11H2,1-4H3/t12-,13+/m0/s1. The minimum atomic E-state index is -0.713. The molecule has 0 bridgehead atoms. The number of rotatable bonds is 2. The van der Waals surface area contributed by atoms with Crippen molar-refractivity contribution in [3.63, 3.8) is 0 Å². The minimum absolute atomic E-state index is 0.0426. The van der Waals surface area contributed by atoms with Gasteiger partial charge < -0.3 is 14.5 Å². The number of amides is 3. The number of hydroxylamine groups is 2. The zero-order chi connectivity index (χ0) is 20.6. The molecule has 2 aliphatic rings. The lowest BCUT2D eigenvalue weighted by molar-refractivity contribution is -0.176. The van der Waals surface area contributed by atoms with E-state index >= 15 is 0 Å². The molecule has 0 unspecified atom stereocenters. The van der Waals surface area contributed by atoms with Crippen LogP contribution in [0.25, 0.3) is 0 Å². The van der Waals surface area contributed by atoms with Crippen LogP contribution in [0.5, 0.6) is 0 Å². The number of nitrogens with zero attached hydrogens (tertiary/aromatic N) is 2. The smallest absolute Gasteiger partial charge is 0.410 e. The summed E-state index contributed by atoms with van der Waals surface area (Å²) < 4.78 is 5.38. The molecule has 28 heavy (non-hydrogen) atoms. The van der Waals surface area contributed by atoms with Gasteiger partial charge in [-0.1, -0.05) is 24.1 Å². The summed E-state index contributed by atoms with van der Waals surface area (Å²) in [5, 5.41) is 0.504. The lowest BCUT2D eigenvalue weighted by atomic mass is 9.91. The van der Waals surface area contributed by atoms with E-state index in [1.807, 2.05) is 6.92 Å². The Morgan fingerprint density at radius 1 is 1.04 bits per heavy atom. The van der Waals surface area contributed by atoms with Crippen LogP contribution in [-0.4, -0.2) is 52.5 Å². The van der Waals surface area contributed by atoms with Gasteiger partial charge in [-0.2, -0.15) is 0 Å². The Labute approximate surface area is 163 Å². The molecule has 2 aliphatic heterocycles. The molecule has 2 heterocycles. The molecule has 0 N–H and O–H groups in total. The molecule has 2 atom stereocenters. The quantitative estimate of drug-likeness (QED) is 0.723. The zero-order valence-electron chi connectivity index (χ0n) is 16.4. The zero-order valence-corrected chi connectivity index (χ0v) is 16.4. The summed E-state index contributed by atoms with van der Waals surface area (Å²) in [5.74, 6) is -2.65. The number of benzene rings is 1. The lowest BCUT2D eigenvalue weighted by Gasteiger charge is -2.36. The second-order valence-electron chi connectivity index (χ2n) is 8.28. The molecule has 0 saturated carbocycles. The van der Waals surface area contributed by atoms with Crippen molar-refractivity contribution in [3.8, 4) is 0 Å². The lowest BCUT2D eigenvalue weighted by Crippen LogP contribution is -2.48. The minimum Gasteiger partial charge on any atom is -0.444 e. The monoisotopic (exact) mass is 388 g/mol. The topological polar surface area (TPSA) is 93.2 Å². The summed E-state index contributed by atoms with van der Waals surface area (Å²) in [6, 6.07) is 6.29. The van der Waals surface area contributed by atoms with Gasteiger partial charge in [0.2, 0.25) is 0 Å². The van der Waals surface area contributed by atoms with Crippen LogP contribution in [-0.2, 0) is 14.4 Å². The molecule has 8 nitrogen and oxygen atoms in total. The maximum atomic E-state index is 12.6. The molecule has 8 heteroatoms. The first-order valence-electron chi connectivity index (χ1n) is 9.24. The van der Waals surface area contributed by atoms with Crippen molar-refractivity contribution >= 4 is 23.9 Å². The fourth-order valence-electron chi connectivity index (χ4n) is 3.41. The molecule has 3 amide bonds. The second-order valence-corrected chi connectivity index (χ2v) is 8.28. The molecule has 0 spiro atoms. The van der Waals surface area contributed by atoms with Crippen LogP contribution < -0.4 is 0 Å². The molecule has 1 saturated heterocycles. The van der Waals surface area contributed by atoms with Crippen molar-refractivity contribution in [1.29, 1.82) is 0 Å². The SMILES string of the molecule is C[C@H]1C[C@@H](C(=O)ON2C(=O)c3ccccc3C2=O)CN(C(=O)OC(C)(C)C)C1. The summed E-state index contributed by atoms with van der Waals surface area (Å²) in [5.41, 5.74) is -0.242. The van der Waals surface area contributed by atoms with Gasteiger partial charge in [-0.15, -0.1) is 0 Å². The van der Waals surface area contributed by atoms with Crippen LogP contribution in [0, 0.1) is 11.8 Å². The molecule has 150 valence electrons. The van der Waals surface area contributed by atoms with Crippen LogP contribution in [0.1, 0.15) is 54.8 Å². The van der Waals surface area contributed by atoms with Crippen molar-refractivity contribution in [3.05, 3.63) is 35.4 Å². The fraction of sp³-hybridized carbons (Fsp3) is 0.500. The van der Waals surface area contributed by atoms with Crippen LogP contribution in [0.3, 0.4) is 0 Å².